The number of benzene rings is 2. The molecule has 5 rings (SSSR count). The number of pyridine rings is 1. The lowest BCUT2D eigenvalue weighted by Crippen LogP contribution is -2.29. The van der Waals surface area contributed by atoms with Gasteiger partial charge in [0.25, 0.3) is 5.56 Å². The van der Waals surface area contributed by atoms with Gasteiger partial charge in [-0.3, -0.25) is 9.36 Å². The van der Waals surface area contributed by atoms with Crippen molar-refractivity contribution in [2.45, 2.75) is 42.9 Å². The minimum absolute atomic E-state index is 0.250. The Bertz CT molecular complexity index is 1230. The zero-order valence-electron chi connectivity index (χ0n) is 17.3. The van der Waals surface area contributed by atoms with Gasteiger partial charge in [-0.05, 0) is 71.7 Å². The van der Waals surface area contributed by atoms with Crippen LogP contribution < -0.4 is 10.3 Å². The Morgan fingerprint density at radius 3 is 2.62 bits per heavy atom. The topological polar surface area (TPSA) is 68.5 Å². The molecule has 0 bridgehead atoms. The minimum atomic E-state index is -0.959. The van der Waals surface area contributed by atoms with E-state index in [4.69, 9.17) is 4.74 Å². The van der Waals surface area contributed by atoms with Crippen LogP contribution in [0.1, 0.15) is 47.1 Å². The van der Waals surface area contributed by atoms with Crippen LogP contribution in [0.15, 0.2) is 64.4 Å². The molecule has 0 radical (unpaired) electrons. The number of thioether (sulfide) groups is 1. The summed E-state index contributed by atoms with van der Waals surface area (Å²) in [7, 11) is 0. The highest BCUT2D eigenvalue weighted by molar-refractivity contribution is 7.99. The van der Waals surface area contributed by atoms with Crippen molar-refractivity contribution >= 4 is 17.7 Å². The van der Waals surface area contributed by atoms with E-state index < -0.39 is 12.0 Å². The number of hydrogen-bond donors (Lipinski definition) is 1. The molecule has 1 N–H and O–H groups in total. The summed E-state index contributed by atoms with van der Waals surface area (Å²) in [6.07, 6.45) is 2.72. The third kappa shape index (κ3) is 4.17. The smallest absolute Gasteiger partial charge is 0.327 e. The lowest BCUT2D eigenvalue weighted by atomic mass is 9.98. The van der Waals surface area contributed by atoms with Gasteiger partial charge in [0.1, 0.15) is 24.2 Å². The summed E-state index contributed by atoms with van der Waals surface area (Å²) in [5.74, 6) is 0.252. The van der Waals surface area contributed by atoms with Crippen molar-refractivity contribution in [1.82, 2.24) is 4.57 Å². The lowest BCUT2D eigenvalue weighted by molar-refractivity contribution is -0.140. The summed E-state index contributed by atoms with van der Waals surface area (Å²) in [5.41, 5.74) is 3.75. The Balaban J connectivity index is 1.40. The molecule has 5 nitrogen and oxygen atoms in total. The first-order chi connectivity index (χ1) is 15.5. The Morgan fingerprint density at radius 2 is 1.91 bits per heavy atom. The number of ether oxygens (including phenoxy) is 1. The number of rotatable bonds is 7. The van der Waals surface area contributed by atoms with Crippen LogP contribution in [0.25, 0.3) is 0 Å². The van der Waals surface area contributed by atoms with Gasteiger partial charge >= 0.3 is 5.97 Å². The average Bonchev–Trinajstić information content (AvgIpc) is 3.50. The van der Waals surface area contributed by atoms with Gasteiger partial charge in [0.05, 0.1) is 5.03 Å². The molecule has 3 aromatic rings. The van der Waals surface area contributed by atoms with Crippen LogP contribution in [-0.2, 0) is 17.8 Å². The monoisotopic (exact) mass is 451 g/mol. The van der Waals surface area contributed by atoms with Crippen molar-refractivity contribution in [2.24, 2.45) is 0 Å². The van der Waals surface area contributed by atoms with Gasteiger partial charge in [-0.1, -0.05) is 24.3 Å². The third-order valence-corrected chi connectivity index (χ3v) is 7.07. The minimum Gasteiger partial charge on any atom is -0.489 e. The normalized spacial score (nSPS) is 17.2. The SMILES string of the molecule is O=C(O)[C@@H]1CSc2c(C3CC3)c(Cc3cccc(OCc4ccc(F)cc4)c3)cc(=O)n21. The van der Waals surface area contributed by atoms with E-state index in [1.165, 1.54) is 28.5 Å². The average molecular weight is 452 g/mol. The number of fused-ring (bicyclic) bond motifs is 1. The van der Waals surface area contributed by atoms with Gasteiger partial charge in [0.2, 0.25) is 0 Å². The number of carboxylic acid groups (broad SMARTS) is 1. The van der Waals surface area contributed by atoms with Crippen LogP contribution >= 0.6 is 11.8 Å². The predicted molar refractivity (Wildman–Crippen MR) is 120 cm³/mol. The molecule has 1 atom stereocenters. The third-order valence-electron chi connectivity index (χ3n) is 5.90. The van der Waals surface area contributed by atoms with Gasteiger partial charge in [0.15, 0.2) is 0 Å². The standard InChI is InChI=1S/C25H22FNO4S/c26-19-8-4-15(5-9-19)13-31-20-3-1-2-16(11-20)10-18-12-22(28)27-21(25(29)30)14-32-24(27)23(18)17-6-7-17/h1-5,8-9,11-12,17,21H,6-7,10,13-14H2,(H,29,30)/t21-/m0/s1. The summed E-state index contributed by atoms with van der Waals surface area (Å²) >= 11 is 1.48. The largest absolute Gasteiger partial charge is 0.489 e. The number of nitrogens with zero attached hydrogens (tertiary/aromatic N) is 1. The van der Waals surface area contributed by atoms with Gasteiger partial charge in [-0.15, -0.1) is 11.8 Å². The molecule has 2 aromatic carbocycles. The second-order valence-electron chi connectivity index (χ2n) is 8.28. The van der Waals surface area contributed by atoms with Crippen molar-refractivity contribution < 1.29 is 19.0 Å². The molecule has 2 heterocycles. The first-order valence-electron chi connectivity index (χ1n) is 10.6. The van der Waals surface area contributed by atoms with Gasteiger partial charge in [0, 0.05) is 11.8 Å². The fourth-order valence-electron chi connectivity index (χ4n) is 4.19. The summed E-state index contributed by atoms with van der Waals surface area (Å²) in [4.78, 5) is 24.4. The molecular formula is C25H22FNO4S. The van der Waals surface area contributed by atoms with E-state index in [9.17, 15) is 19.1 Å². The van der Waals surface area contributed by atoms with E-state index in [2.05, 4.69) is 0 Å². The number of carbonyl (C=O) groups is 1. The number of aromatic nitrogens is 1. The maximum Gasteiger partial charge on any atom is 0.327 e. The van der Waals surface area contributed by atoms with Crippen LogP contribution in [0.4, 0.5) is 4.39 Å². The number of aliphatic carboxylic acids is 1. The number of hydrogen-bond acceptors (Lipinski definition) is 4. The molecule has 1 aliphatic heterocycles. The molecule has 0 unspecified atom stereocenters. The Morgan fingerprint density at radius 1 is 1.12 bits per heavy atom. The molecule has 164 valence electrons. The molecule has 7 heteroatoms. The van der Waals surface area contributed by atoms with Crippen LogP contribution in [0, 0.1) is 5.82 Å². The quantitative estimate of drug-likeness (QED) is 0.561. The maximum absolute atomic E-state index is 13.1. The first-order valence-corrected chi connectivity index (χ1v) is 11.6. The highest BCUT2D eigenvalue weighted by Gasteiger charge is 2.37. The molecule has 0 saturated heterocycles. The van der Waals surface area contributed by atoms with Crippen molar-refractivity contribution in [3.8, 4) is 5.75 Å². The molecule has 32 heavy (non-hydrogen) atoms. The van der Waals surface area contributed by atoms with E-state index in [1.54, 1.807) is 18.2 Å². The van der Waals surface area contributed by atoms with Crippen LogP contribution in [0.3, 0.4) is 0 Å². The highest BCUT2D eigenvalue weighted by atomic mass is 32.2. The summed E-state index contributed by atoms with van der Waals surface area (Å²) in [5, 5.41) is 10.3. The maximum atomic E-state index is 13.1. The van der Waals surface area contributed by atoms with E-state index in [0.29, 0.717) is 30.4 Å². The van der Waals surface area contributed by atoms with Gasteiger partial charge in [-0.25, -0.2) is 9.18 Å². The predicted octanol–water partition coefficient (Wildman–Crippen LogP) is 4.77. The van der Waals surface area contributed by atoms with Crippen molar-refractivity contribution in [2.75, 3.05) is 5.75 Å². The van der Waals surface area contributed by atoms with Crippen LogP contribution in [0.2, 0.25) is 0 Å². The van der Waals surface area contributed by atoms with E-state index in [-0.39, 0.29) is 11.4 Å². The molecule has 1 aliphatic carbocycles. The fourth-order valence-corrected chi connectivity index (χ4v) is 5.60. The summed E-state index contributed by atoms with van der Waals surface area (Å²) in [6, 6.07) is 14.8. The highest BCUT2D eigenvalue weighted by Crippen LogP contribution is 2.48. The summed E-state index contributed by atoms with van der Waals surface area (Å²) in [6.45, 7) is 0.338. The molecule has 1 saturated carbocycles. The lowest BCUT2D eigenvalue weighted by Gasteiger charge is -2.16. The second-order valence-corrected chi connectivity index (χ2v) is 9.28. The molecule has 1 aromatic heterocycles. The fraction of sp³-hybridized carbons (Fsp3) is 0.280. The Kier molecular flexibility index (Phi) is 5.51. The zero-order chi connectivity index (χ0) is 22.2. The van der Waals surface area contributed by atoms with Crippen LogP contribution in [0.5, 0.6) is 5.75 Å². The zero-order valence-corrected chi connectivity index (χ0v) is 18.1. The molecule has 0 amide bonds. The molecular weight excluding hydrogens is 429 g/mol. The van der Waals surface area contributed by atoms with Crippen molar-refractivity contribution in [3.63, 3.8) is 0 Å². The van der Waals surface area contributed by atoms with Gasteiger partial charge in [-0.2, -0.15) is 0 Å². The number of halogens is 1. The van der Waals surface area contributed by atoms with E-state index in [1.807, 2.05) is 24.3 Å². The second kappa shape index (κ2) is 8.47. The summed E-state index contributed by atoms with van der Waals surface area (Å²) < 4.78 is 20.4. The first kappa shape index (κ1) is 20.8. The van der Waals surface area contributed by atoms with E-state index in [0.717, 1.165) is 40.1 Å². The molecule has 2 aliphatic rings. The van der Waals surface area contributed by atoms with Gasteiger partial charge < -0.3 is 9.84 Å². The van der Waals surface area contributed by atoms with Crippen molar-refractivity contribution in [3.05, 3.63) is 93.0 Å². The van der Waals surface area contributed by atoms with E-state index >= 15 is 0 Å². The Labute approximate surface area is 188 Å². The van der Waals surface area contributed by atoms with Crippen molar-refractivity contribution in [1.29, 1.82) is 0 Å². The number of carboxylic acids is 1. The Hall–Kier alpha value is -3.06. The van der Waals surface area contributed by atoms with Crippen LogP contribution in [-0.4, -0.2) is 21.4 Å². The molecule has 0 spiro atoms. The molecule has 1 fully saturated rings.